The number of aryl methyl sites for hydroxylation is 1. The molecule has 3 heteroatoms. The molecule has 1 aromatic carbocycles. The summed E-state index contributed by atoms with van der Waals surface area (Å²) in [5, 5.41) is 9.72. The lowest BCUT2D eigenvalue weighted by Crippen LogP contribution is -2.55. The van der Waals surface area contributed by atoms with Crippen LogP contribution in [-0.4, -0.2) is 42.9 Å². The van der Waals surface area contributed by atoms with Gasteiger partial charge in [0.2, 0.25) is 0 Å². The average Bonchev–Trinajstić information content (AvgIpc) is 2.44. The summed E-state index contributed by atoms with van der Waals surface area (Å²) in [6.45, 7) is 8.22. The van der Waals surface area contributed by atoms with Crippen LogP contribution in [0.15, 0.2) is 24.3 Å². The third-order valence-electron chi connectivity index (χ3n) is 5.15. The van der Waals surface area contributed by atoms with Crippen LogP contribution in [0.3, 0.4) is 0 Å². The summed E-state index contributed by atoms with van der Waals surface area (Å²) < 4.78 is 5.37. The third-order valence-corrected chi connectivity index (χ3v) is 5.15. The van der Waals surface area contributed by atoms with Gasteiger partial charge >= 0.3 is 0 Å². The maximum atomic E-state index is 9.72. The van der Waals surface area contributed by atoms with Gasteiger partial charge in [-0.25, -0.2) is 0 Å². The van der Waals surface area contributed by atoms with Crippen molar-refractivity contribution in [1.82, 2.24) is 4.90 Å². The zero-order valence-corrected chi connectivity index (χ0v) is 13.2. The first-order valence-electron chi connectivity index (χ1n) is 8.13. The summed E-state index contributed by atoms with van der Waals surface area (Å²) in [6.07, 6.45) is 2.55. The van der Waals surface area contributed by atoms with Crippen LogP contribution in [0.1, 0.15) is 36.9 Å². The number of rotatable bonds is 4. The van der Waals surface area contributed by atoms with E-state index in [-0.39, 0.29) is 12.0 Å². The molecule has 0 amide bonds. The predicted octanol–water partition coefficient (Wildman–Crippen LogP) is 2.78. The van der Waals surface area contributed by atoms with Crippen LogP contribution in [0.25, 0.3) is 0 Å². The van der Waals surface area contributed by atoms with Crippen LogP contribution in [0.2, 0.25) is 0 Å². The fraction of sp³-hybridized carbons (Fsp3) is 0.667. The lowest BCUT2D eigenvalue weighted by molar-refractivity contribution is -0.155. The van der Waals surface area contributed by atoms with E-state index in [0.717, 1.165) is 13.1 Å². The number of nitrogens with zero attached hydrogens (tertiary/aromatic N) is 1. The second-order valence-electron chi connectivity index (χ2n) is 7.10. The Hall–Kier alpha value is -0.900. The lowest BCUT2D eigenvalue weighted by Gasteiger charge is -2.48. The Morgan fingerprint density at radius 3 is 2.57 bits per heavy atom. The molecule has 0 aromatic heterocycles. The topological polar surface area (TPSA) is 32.7 Å². The van der Waals surface area contributed by atoms with Crippen LogP contribution in [0.5, 0.6) is 0 Å². The van der Waals surface area contributed by atoms with E-state index in [1.54, 1.807) is 0 Å². The Bertz CT molecular complexity index is 461. The van der Waals surface area contributed by atoms with Crippen molar-refractivity contribution in [3.63, 3.8) is 0 Å². The minimum absolute atomic E-state index is 0.0278. The van der Waals surface area contributed by atoms with Gasteiger partial charge in [0.15, 0.2) is 0 Å². The zero-order valence-electron chi connectivity index (χ0n) is 13.2. The maximum Gasteiger partial charge on any atom is 0.0579 e. The SMILES string of the molecule is Cc1ccc(C2C(C)CCCN2CC2(CO)COC2)cc1. The molecule has 2 atom stereocenters. The molecule has 2 heterocycles. The highest BCUT2D eigenvalue weighted by Crippen LogP contribution is 2.39. The summed E-state index contributed by atoms with van der Waals surface area (Å²) in [7, 11) is 0. The molecule has 2 unspecified atom stereocenters. The maximum absolute atomic E-state index is 9.72. The quantitative estimate of drug-likeness (QED) is 0.925. The van der Waals surface area contributed by atoms with Crippen LogP contribution in [-0.2, 0) is 4.74 Å². The highest BCUT2D eigenvalue weighted by atomic mass is 16.5. The number of aliphatic hydroxyl groups excluding tert-OH is 1. The number of hydrogen-bond acceptors (Lipinski definition) is 3. The molecule has 2 saturated heterocycles. The van der Waals surface area contributed by atoms with E-state index in [4.69, 9.17) is 4.74 Å². The summed E-state index contributed by atoms with van der Waals surface area (Å²) in [4.78, 5) is 2.58. The fourth-order valence-corrected chi connectivity index (χ4v) is 3.81. The molecule has 2 aliphatic rings. The normalized spacial score (nSPS) is 29.1. The van der Waals surface area contributed by atoms with Crippen molar-refractivity contribution in [3.8, 4) is 0 Å². The Labute approximate surface area is 127 Å². The molecule has 3 rings (SSSR count). The number of hydrogen-bond donors (Lipinski definition) is 1. The first-order chi connectivity index (χ1) is 10.1. The molecule has 3 nitrogen and oxygen atoms in total. The van der Waals surface area contributed by atoms with Gasteiger partial charge in [-0.2, -0.15) is 0 Å². The molecule has 0 aliphatic carbocycles. The van der Waals surface area contributed by atoms with E-state index in [9.17, 15) is 5.11 Å². The molecular formula is C18H27NO2. The number of ether oxygens (including phenoxy) is 1. The minimum Gasteiger partial charge on any atom is -0.396 e. The molecular weight excluding hydrogens is 262 g/mol. The molecule has 0 radical (unpaired) electrons. The van der Waals surface area contributed by atoms with E-state index in [2.05, 4.69) is 43.0 Å². The summed E-state index contributed by atoms with van der Waals surface area (Å²) in [5.74, 6) is 0.665. The molecule has 116 valence electrons. The standard InChI is InChI=1S/C18H27NO2/c1-14-5-7-16(8-6-14)17-15(2)4-3-9-19(17)10-18(11-20)12-21-13-18/h5-8,15,17,20H,3-4,9-13H2,1-2H3. The largest absolute Gasteiger partial charge is 0.396 e. The second kappa shape index (κ2) is 6.07. The highest BCUT2D eigenvalue weighted by Gasteiger charge is 2.42. The van der Waals surface area contributed by atoms with E-state index < -0.39 is 0 Å². The fourth-order valence-electron chi connectivity index (χ4n) is 3.81. The van der Waals surface area contributed by atoms with Crippen molar-refractivity contribution in [2.45, 2.75) is 32.7 Å². The van der Waals surface area contributed by atoms with Gasteiger partial charge in [-0.05, 0) is 37.8 Å². The Balaban J connectivity index is 1.81. The number of piperidine rings is 1. The van der Waals surface area contributed by atoms with Gasteiger partial charge in [0.25, 0.3) is 0 Å². The zero-order chi connectivity index (χ0) is 14.9. The van der Waals surface area contributed by atoms with Crippen LogP contribution in [0, 0.1) is 18.3 Å². The number of likely N-dealkylation sites (tertiary alicyclic amines) is 1. The number of aliphatic hydroxyl groups is 1. The van der Waals surface area contributed by atoms with Gasteiger partial charge in [0.05, 0.1) is 25.2 Å². The summed E-state index contributed by atoms with van der Waals surface area (Å²) >= 11 is 0. The molecule has 1 N–H and O–H groups in total. The van der Waals surface area contributed by atoms with Crippen molar-refractivity contribution in [3.05, 3.63) is 35.4 Å². The van der Waals surface area contributed by atoms with Gasteiger partial charge in [0.1, 0.15) is 0 Å². The summed E-state index contributed by atoms with van der Waals surface area (Å²) in [6, 6.07) is 9.45. The molecule has 0 spiro atoms. The lowest BCUT2D eigenvalue weighted by atomic mass is 9.81. The van der Waals surface area contributed by atoms with Crippen molar-refractivity contribution in [2.75, 3.05) is 32.9 Å². The molecule has 2 aliphatic heterocycles. The molecule has 0 saturated carbocycles. The molecule has 0 bridgehead atoms. The van der Waals surface area contributed by atoms with Crippen LogP contribution in [0.4, 0.5) is 0 Å². The van der Waals surface area contributed by atoms with Gasteiger partial charge in [0, 0.05) is 12.6 Å². The van der Waals surface area contributed by atoms with Crippen molar-refractivity contribution >= 4 is 0 Å². The van der Waals surface area contributed by atoms with E-state index in [0.29, 0.717) is 25.2 Å². The van der Waals surface area contributed by atoms with Crippen molar-refractivity contribution in [2.24, 2.45) is 11.3 Å². The smallest absolute Gasteiger partial charge is 0.0579 e. The van der Waals surface area contributed by atoms with E-state index in [1.165, 1.54) is 24.0 Å². The van der Waals surface area contributed by atoms with Crippen LogP contribution < -0.4 is 0 Å². The van der Waals surface area contributed by atoms with Gasteiger partial charge in [-0.1, -0.05) is 36.8 Å². The monoisotopic (exact) mass is 289 g/mol. The minimum atomic E-state index is -0.0278. The molecule has 21 heavy (non-hydrogen) atoms. The number of benzene rings is 1. The molecule has 1 aromatic rings. The van der Waals surface area contributed by atoms with Crippen molar-refractivity contribution < 1.29 is 9.84 Å². The average molecular weight is 289 g/mol. The third kappa shape index (κ3) is 3.01. The molecule has 2 fully saturated rings. The van der Waals surface area contributed by atoms with Gasteiger partial charge in [-0.15, -0.1) is 0 Å². The highest BCUT2D eigenvalue weighted by molar-refractivity contribution is 5.25. The Morgan fingerprint density at radius 2 is 2.00 bits per heavy atom. The second-order valence-corrected chi connectivity index (χ2v) is 7.10. The van der Waals surface area contributed by atoms with E-state index >= 15 is 0 Å². The Kier molecular flexibility index (Phi) is 4.34. The first kappa shape index (κ1) is 15.0. The van der Waals surface area contributed by atoms with Gasteiger partial charge < -0.3 is 9.84 Å². The predicted molar refractivity (Wildman–Crippen MR) is 84.2 cm³/mol. The first-order valence-corrected chi connectivity index (χ1v) is 8.13. The summed E-state index contributed by atoms with van der Waals surface area (Å²) in [5.41, 5.74) is 2.70. The Morgan fingerprint density at radius 1 is 1.29 bits per heavy atom. The van der Waals surface area contributed by atoms with Crippen molar-refractivity contribution in [1.29, 1.82) is 0 Å². The van der Waals surface area contributed by atoms with E-state index in [1.807, 2.05) is 0 Å². The van der Waals surface area contributed by atoms with Gasteiger partial charge in [-0.3, -0.25) is 4.90 Å². The van der Waals surface area contributed by atoms with Crippen LogP contribution >= 0.6 is 0 Å².